The van der Waals surface area contributed by atoms with E-state index in [0.29, 0.717) is 25.2 Å². The topological polar surface area (TPSA) is 86.8 Å². The second-order valence-corrected chi connectivity index (χ2v) is 9.26. The van der Waals surface area contributed by atoms with Gasteiger partial charge in [-0.1, -0.05) is 48.5 Å². The molecular formula is C23H31N3O4S. The highest BCUT2D eigenvalue weighted by molar-refractivity contribution is 7.92. The van der Waals surface area contributed by atoms with Gasteiger partial charge in [0.05, 0.1) is 11.9 Å². The number of likely N-dealkylation sites (N-methyl/N-ethyl adjacent to an activating group) is 1. The van der Waals surface area contributed by atoms with Crippen molar-refractivity contribution in [3.63, 3.8) is 0 Å². The number of para-hydroxylation sites is 1. The number of nitrogens with zero attached hydrogens (tertiary/aromatic N) is 2. The van der Waals surface area contributed by atoms with Crippen molar-refractivity contribution in [1.29, 1.82) is 0 Å². The first-order valence-corrected chi connectivity index (χ1v) is 12.2. The van der Waals surface area contributed by atoms with Gasteiger partial charge in [-0.15, -0.1) is 0 Å². The third kappa shape index (κ3) is 7.40. The highest BCUT2D eigenvalue weighted by atomic mass is 32.2. The lowest BCUT2D eigenvalue weighted by atomic mass is 10.1. The van der Waals surface area contributed by atoms with E-state index in [1.165, 1.54) is 4.31 Å². The number of nitrogens with one attached hydrogen (secondary N) is 1. The zero-order valence-electron chi connectivity index (χ0n) is 18.3. The monoisotopic (exact) mass is 445 g/mol. The van der Waals surface area contributed by atoms with Crippen molar-refractivity contribution in [2.75, 3.05) is 23.7 Å². The SMILES string of the molecule is CCNC(=O)[C@@H](C)N(Cc1ccccc1)C(=O)CCCN(c1ccccc1)S(C)(=O)=O. The summed E-state index contributed by atoms with van der Waals surface area (Å²) in [6.45, 7) is 4.52. The number of benzene rings is 2. The van der Waals surface area contributed by atoms with Crippen LogP contribution in [0.2, 0.25) is 0 Å². The normalized spacial score (nSPS) is 12.1. The fourth-order valence-electron chi connectivity index (χ4n) is 3.28. The van der Waals surface area contributed by atoms with Crippen LogP contribution in [0.1, 0.15) is 32.3 Å². The Kier molecular flexibility index (Phi) is 9.05. The molecule has 1 atom stereocenters. The van der Waals surface area contributed by atoms with Crippen molar-refractivity contribution < 1.29 is 18.0 Å². The molecule has 0 spiro atoms. The number of hydrogen-bond donors (Lipinski definition) is 1. The minimum atomic E-state index is -3.48. The van der Waals surface area contributed by atoms with Gasteiger partial charge in [-0.2, -0.15) is 0 Å². The zero-order chi connectivity index (χ0) is 22.9. The average molecular weight is 446 g/mol. The molecule has 1 N–H and O–H groups in total. The smallest absolute Gasteiger partial charge is 0.242 e. The van der Waals surface area contributed by atoms with E-state index >= 15 is 0 Å². The second-order valence-electron chi connectivity index (χ2n) is 7.35. The molecule has 0 aromatic heterocycles. The Labute approximate surface area is 185 Å². The number of carbonyl (C=O) groups excluding carboxylic acids is 2. The molecule has 0 radical (unpaired) electrons. The van der Waals surface area contributed by atoms with Crippen LogP contribution in [-0.2, 0) is 26.2 Å². The third-order valence-electron chi connectivity index (χ3n) is 4.91. The van der Waals surface area contributed by atoms with Crippen LogP contribution in [0.5, 0.6) is 0 Å². The molecule has 2 aromatic rings. The number of anilines is 1. The van der Waals surface area contributed by atoms with Crippen LogP contribution >= 0.6 is 0 Å². The molecule has 0 aliphatic heterocycles. The van der Waals surface area contributed by atoms with Crippen molar-refractivity contribution >= 4 is 27.5 Å². The van der Waals surface area contributed by atoms with Crippen molar-refractivity contribution in [3.8, 4) is 0 Å². The number of carbonyl (C=O) groups is 2. The Balaban J connectivity index is 2.10. The van der Waals surface area contributed by atoms with E-state index in [0.717, 1.165) is 11.8 Å². The van der Waals surface area contributed by atoms with E-state index in [4.69, 9.17) is 0 Å². The maximum atomic E-state index is 13.0. The van der Waals surface area contributed by atoms with Crippen molar-refractivity contribution in [2.24, 2.45) is 0 Å². The predicted molar refractivity (Wildman–Crippen MR) is 123 cm³/mol. The summed E-state index contributed by atoms with van der Waals surface area (Å²) in [5.41, 5.74) is 1.49. The molecule has 0 bridgehead atoms. The van der Waals surface area contributed by atoms with Crippen molar-refractivity contribution in [2.45, 2.75) is 39.3 Å². The van der Waals surface area contributed by atoms with Crippen molar-refractivity contribution in [3.05, 3.63) is 66.2 Å². The lowest BCUT2D eigenvalue weighted by Crippen LogP contribution is -2.47. The summed E-state index contributed by atoms with van der Waals surface area (Å²) in [6, 6.07) is 17.7. The van der Waals surface area contributed by atoms with Crippen LogP contribution in [0, 0.1) is 0 Å². The molecule has 2 amide bonds. The summed E-state index contributed by atoms with van der Waals surface area (Å²) in [5, 5.41) is 2.76. The van der Waals surface area contributed by atoms with E-state index in [2.05, 4.69) is 5.32 Å². The molecule has 8 heteroatoms. The van der Waals surface area contributed by atoms with Gasteiger partial charge < -0.3 is 10.2 Å². The molecule has 7 nitrogen and oxygen atoms in total. The van der Waals surface area contributed by atoms with Gasteiger partial charge in [0.15, 0.2) is 0 Å². The Morgan fingerprint density at radius 2 is 1.58 bits per heavy atom. The first kappa shape index (κ1) is 24.4. The molecule has 0 heterocycles. The third-order valence-corrected chi connectivity index (χ3v) is 6.10. The van der Waals surface area contributed by atoms with Crippen LogP contribution in [0.25, 0.3) is 0 Å². The molecule has 0 saturated carbocycles. The molecular weight excluding hydrogens is 414 g/mol. The molecule has 0 aliphatic carbocycles. The van der Waals surface area contributed by atoms with Gasteiger partial charge in [-0.05, 0) is 38.0 Å². The van der Waals surface area contributed by atoms with Gasteiger partial charge >= 0.3 is 0 Å². The van der Waals surface area contributed by atoms with E-state index in [-0.39, 0.29) is 24.8 Å². The molecule has 0 aliphatic rings. The fourth-order valence-corrected chi connectivity index (χ4v) is 4.25. The molecule has 2 rings (SSSR count). The second kappa shape index (κ2) is 11.5. The van der Waals surface area contributed by atoms with Crippen molar-refractivity contribution in [1.82, 2.24) is 10.2 Å². The summed E-state index contributed by atoms with van der Waals surface area (Å²) >= 11 is 0. The highest BCUT2D eigenvalue weighted by Gasteiger charge is 2.26. The van der Waals surface area contributed by atoms with E-state index in [9.17, 15) is 18.0 Å². The molecule has 168 valence electrons. The predicted octanol–water partition coefficient (Wildman–Crippen LogP) is 2.79. The van der Waals surface area contributed by atoms with Gasteiger partial charge in [0.1, 0.15) is 6.04 Å². The number of hydrogen-bond acceptors (Lipinski definition) is 4. The number of rotatable bonds is 11. The number of sulfonamides is 1. The lowest BCUT2D eigenvalue weighted by Gasteiger charge is -2.29. The van der Waals surface area contributed by atoms with Gasteiger partial charge in [0.2, 0.25) is 21.8 Å². The van der Waals surface area contributed by atoms with Gasteiger partial charge in [0, 0.05) is 26.1 Å². The maximum absolute atomic E-state index is 13.0. The minimum absolute atomic E-state index is 0.134. The highest BCUT2D eigenvalue weighted by Crippen LogP contribution is 2.18. The molecule has 31 heavy (non-hydrogen) atoms. The minimum Gasteiger partial charge on any atom is -0.355 e. The van der Waals surface area contributed by atoms with Crippen LogP contribution in [-0.4, -0.2) is 50.5 Å². The molecule has 0 saturated heterocycles. The Bertz CT molecular complexity index is 949. The average Bonchev–Trinajstić information content (AvgIpc) is 2.75. The van der Waals surface area contributed by atoms with Gasteiger partial charge in [0.25, 0.3) is 0 Å². The van der Waals surface area contributed by atoms with Crippen LogP contribution in [0.3, 0.4) is 0 Å². The quantitative estimate of drug-likeness (QED) is 0.576. The zero-order valence-corrected chi connectivity index (χ0v) is 19.1. The van der Waals surface area contributed by atoms with Crippen LogP contribution in [0.15, 0.2) is 60.7 Å². The first-order chi connectivity index (χ1) is 14.7. The number of amides is 2. The summed E-state index contributed by atoms with van der Waals surface area (Å²) in [5.74, 6) is -0.405. The maximum Gasteiger partial charge on any atom is 0.242 e. The Hall–Kier alpha value is -2.87. The van der Waals surface area contributed by atoms with E-state index in [1.807, 2.05) is 43.3 Å². The molecule has 0 unspecified atom stereocenters. The van der Waals surface area contributed by atoms with E-state index < -0.39 is 16.1 Å². The summed E-state index contributed by atoms with van der Waals surface area (Å²) in [6.07, 6.45) is 1.63. The fraction of sp³-hybridized carbons (Fsp3) is 0.391. The lowest BCUT2D eigenvalue weighted by molar-refractivity contribution is -0.140. The molecule has 0 fully saturated rings. The Morgan fingerprint density at radius 1 is 1.00 bits per heavy atom. The van der Waals surface area contributed by atoms with E-state index in [1.54, 1.807) is 36.1 Å². The largest absolute Gasteiger partial charge is 0.355 e. The summed E-state index contributed by atoms with van der Waals surface area (Å²) in [7, 11) is -3.48. The van der Waals surface area contributed by atoms with Crippen LogP contribution < -0.4 is 9.62 Å². The summed E-state index contributed by atoms with van der Waals surface area (Å²) < 4.78 is 25.8. The Morgan fingerprint density at radius 3 is 2.13 bits per heavy atom. The standard InChI is InChI=1S/C23H31N3O4S/c1-4-24-23(28)19(2)25(18-20-12-7-5-8-13-20)22(27)16-11-17-26(31(3,29)30)21-14-9-6-10-15-21/h5-10,12-15,19H,4,11,16-18H2,1-3H3,(H,24,28)/t19-/m1/s1. The van der Waals surface area contributed by atoms with Gasteiger partial charge in [-0.25, -0.2) is 8.42 Å². The first-order valence-electron chi connectivity index (χ1n) is 10.4. The molecule has 2 aromatic carbocycles. The van der Waals surface area contributed by atoms with Crippen LogP contribution in [0.4, 0.5) is 5.69 Å². The summed E-state index contributed by atoms with van der Waals surface area (Å²) in [4.78, 5) is 27.0. The van der Waals surface area contributed by atoms with Gasteiger partial charge in [-0.3, -0.25) is 13.9 Å².